The standard InChI is InChI=1S/C15H21FN2S/c1-10-3-6-12(7-4-10)17-15(19)18-13-8-5-11(2)14(16)9-13/h5,8-10,12H,3-4,6-7H2,1-2H3,(H2,17,18,19). The van der Waals surface area contributed by atoms with Crippen molar-refractivity contribution in [3.05, 3.63) is 29.6 Å². The zero-order valence-electron chi connectivity index (χ0n) is 11.5. The molecule has 0 unspecified atom stereocenters. The maximum atomic E-state index is 13.4. The molecule has 0 amide bonds. The van der Waals surface area contributed by atoms with E-state index < -0.39 is 0 Å². The summed E-state index contributed by atoms with van der Waals surface area (Å²) in [6.07, 6.45) is 4.81. The lowest BCUT2D eigenvalue weighted by Gasteiger charge is -2.28. The van der Waals surface area contributed by atoms with E-state index in [0.29, 0.717) is 22.4 Å². The molecule has 1 aliphatic rings. The molecule has 2 N–H and O–H groups in total. The summed E-state index contributed by atoms with van der Waals surface area (Å²) in [4.78, 5) is 0. The van der Waals surface area contributed by atoms with Crippen LogP contribution in [0.2, 0.25) is 0 Å². The lowest BCUT2D eigenvalue weighted by atomic mass is 9.87. The van der Waals surface area contributed by atoms with Gasteiger partial charge in [0.05, 0.1) is 0 Å². The van der Waals surface area contributed by atoms with Crippen LogP contribution >= 0.6 is 12.2 Å². The van der Waals surface area contributed by atoms with E-state index in [1.54, 1.807) is 13.0 Å². The van der Waals surface area contributed by atoms with Crippen molar-refractivity contribution in [2.45, 2.75) is 45.6 Å². The fourth-order valence-corrected chi connectivity index (χ4v) is 2.71. The largest absolute Gasteiger partial charge is 0.360 e. The van der Waals surface area contributed by atoms with Gasteiger partial charge in [0.25, 0.3) is 0 Å². The van der Waals surface area contributed by atoms with Crippen LogP contribution in [0.1, 0.15) is 38.2 Å². The molecule has 2 nitrogen and oxygen atoms in total. The summed E-state index contributed by atoms with van der Waals surface area (Å²) in [7, 11) is 0. The van der Waals surface area contributed by atoms with Crippen molar-refractivity contribution < 1.29 is 4.39 Å². The smallest absolute Gasteiger partial charge is 0.170 e. The van der Waals surface area contributed by atoms with E-state index in [9.17, 15) is 4.39 Å². The van der Waals surface area contributed by atoms with E-state index in [1.165, 1.54) is 18.9 Å². The van der Waals surface area contributed by atoms with Crippen LogP contribution in [0.25, 0.3) is 0 Å². The quantitative estimate of drug-likeness (QED) is 0.801. The Hall–Kier alpha value is -1.16. The lowest BCUT2D eigenvalue weighted by molar-refractivity contribution is 0.332. The summed E-state index contributed by atoms with van der Waals surface area (Å²) in [6, 6.07) is 5.52. The molecule has 0 heterocycles. The second-order valence-electron chi connectivity index (χ2n) is 5.52. The molecule has 1 saturated carbocycles. The summed E-state index contributed by atoms with van der Waals surface area (Å²) in [6.45, 7) is 4.04. The molecule has 1 aromatic rings. The number of aryl methyl sites for hydroxylation is 1. The molecule has 0 atom stereocenters. The van der Waals surface area contributed by atoms with Gasteiger partial charge in [0.2, 0.25) is 0 Å². The first-order chi connectivity index (χ1) is 9.04. The van der Waals surface area contributed by atoms with E-state index in [4.69, 9.17) is 12.2 Å². The molecule has 1 aromatic carbocycles. The average molecular weight is 280 g/mol. The average Bonchev–Trinajstić information content (AvgIpc) is 2.37. The Morgan fingerprint density at radius 2 is 1.95 bits per heavy atom. The summed E-state index contributed by atoms with van der Waals surface area (Å²) >= 11 is 5.28. The minimum absolute atomic E-state index is 0.209. The van der Waals surface area contributed by atoms with E-state index in [2.05, 4.69) is 17.6 Å². The minimum Gasteiger partial charge on any atom is -0.360 e. The third kappa shape index (κ3) is 4.16. The number of hydrogen-bond donors (Lipinski definition) is 2. The summed E-state index contributed by atoms with van der Waals surface area (Å²) in [5.74, 6) is 0.616. The van der Waals surface area contributed by atoms with Crippen LogP contribution in [0.5, 0.6) is 0 Å². The van der Waals surface area contributed by atoms with Crippen LogP contribution in [0, 0.1) is 18.7 Å². The van der Waals surface area contributed by atoms with Crippen molar-refractivity contribution in [2.75, 3.05) is 5.32 Å². The predicted octanol–water partition coefficient (Wildman–Crippen LogP) is 4.00. The van der Waals surface area contributed by atoms with Gasteiger partial charge in [-0.1, -0.05) is 13.0 Å². The molecule has 0 radical (unpaired) electrons. The molecule has 0 bridgehead atoms. The second-order valence-corrected chi connectivity index (χ2v) is 5.93. The molecular formula is C15H21FN2S. The third-order valence-electron chi connectivity index (χ3n) is 3.78. The van der Waals surface area contributed by atoms with Crippen molar-refractivity contribution in [3.8, 4) is 0 Å². The molecule has 0 aromatic heterocycles. The highest BCUT2D eigenvalue weighted by atomic mass is 32.1. The predicted molar refractivity (Wildman–Crippen MR) is 81.9 cm³/mol. The van der Waals surface area contributed by atoms with Crippen LogP contribution in [-0.2, 0) is 0 Å². The third-order valence-corrected chi connectivity index (χ3v) is 4.00. The van der Waals surface area contributed by atoms with Crippen LogP contribution in [0.4, 0.5) is 10.1 Å². The topological polar surface area (TPSA) is 24.1 Å². The summed E-state index contributed by atoms with van der Waals surface area (Å²) < 4.78 is 13.4. The Balaban J connectivity index is 1.85. The molecule has 0 aliphatic heterocycles. The van der Waals surface area contributed by atoms with Gasteiger partial charge in [0.15, 0.2) is 5.11 Å². The number of hydrogen-bond acceptors (Lipinski definition) is 1. The number of nitrogens with one attached hydrogen (secondary N) is 2. The first-order valence-electron chi connectivity index (χ1n) is 6.88. The Labute approximate surface area is 119 Å². The number of benzene rings is 1. The number of rotatable bonds is 2. The SMILES string of the molecule is Cc1ccc(NC(=S)NC2CCC(C)CC2)cc1F. The van der Waals surface area contributed by atoms with Crippen molar-refractivity contribution in [1.82, 2.24) is 5.32 Å². The maximum Gasteiger partial charge on any atom is 0.170 e. The van der Waals surface area contributed by atoms with Crippen molar-refractivity contribution in [3.63, 3.8) is 0 Å². The first-order valence-corrected chi connectivity index (χ1v) is 7.29. The van der Waals surface area contributed by atoms with E-state index in [0.717, 1.165) is 18.8 Å². The Morgan fingerprint density at radius 1 is 1.26 bits per heavy atom. The number of anilines is 1. The molecular weight excluding hydrogens is 259 g/mol. The summed E-state index contributed by atoms with van der Waals surface area (Å²) in [5, 5.41) is 6.95. The highest BCUT2D eigenvalue weighted by Crippen LogP contribution is 2.23. The normalized spacial score (nSPS) is 22.9. The highest BCUT2D eigenvalue weighted by molar-refractivity contribution is 7.80. The van der Waals surface area contributed by atoms with Crippen LogP contribution in [0.15, 0.2) is 18.2 Å². The maximum absolute atomic E-state index is 13.4. The van der Waals surface area contributed by atoms with Crippen molar-refractivity contribution in [2.24, 2.45) is 5.92 Å². The van der Waals surface area contributed by atoms with E-state index in [-0.39, 0.29) is 5.82 Å². The fourth-order valence-electron chi connectivity index (χ4n) is 2.43. The van der Waals surface area contributed by atoms with Gasteiger partial charge in [-0.25, -0.2) is 4.39 Å². The van der Waals surface area contributed by atoms with Gasteiger partial charge in [0, 0.05) is 11.7 Å². The van der Waals surface area contributed by atoms with Crippen LogP contribution in [-0.4, -0.2) is 11.2 Å². The van der Waals surface area contributed by atoms with Gasteiger partial charge in [-0.2, -0.15) is 0 Å². The van der Waals surface area contributed by atoms with Crippen molar-refractivity contribution >= 4 is 23.0 Å². The van der Waals surface area contributed by atoms with Gasteiger partial charge >= 0.3 is 0 Å². The molecule has 1 fully saturated rings. The highest BCUT2D eigenvalue weighted by Gasteiger charge is 2.18. The lowest BCUT2D eigenvalue weighted by Crippen LogP contribution is -2.39. The van der Waals surface area contributed by atoms with Crippen LogP contribution in [0.3, 0.4) is 0 Å². The molecule has 1 aliphatic carbocycles. The Morgan fingerprint density at radius 3 is 2.58 bits per heavy atom. The van der Waals surface area contributed by atoms with Gasteiger partial charge in [-0.15, -0.1) is 0 Å². The molecule has 0 spiro atoms. The molecule has 4 heteroatoms. The Bertz CT molecular complexity index is 453. The van der Waals surface area contributed by atoms with E-state index in [1.807, 2.05) is 6.07 Å². The van der Waals surface area contributed by atoms with Crippen LogP contribution < -0.4 is 10.6 Å². The van der Waals surface area contributed by atoms with Gasteiger partial charge in [0.1, 0.15) is 5.82 Å². The van der Waals surface area contributed by atoms with Crippen molar-refractivity contribution in [1.29, 1.82) is 0 Å². The van der Waals surface area contributed by atoms with E-state index >= 15 is 0 Å². The zero-order valence-corrected chi connectivity index (χ0v) is 12.3. The fraction of sp³-hybridized carbons (Fsp3) is 0.533. The molecule has 104 valence electrons. The van der Waals surface area contributed by atoms with Gasteiger partial charge < -0.3 is 10.6 Å². The number of halogens is 1. The minimum atomic E-state index is -0.209. The Kier molecular flexibility index (Phi) is 4.75. The number of thiocarbonyl (C=S) groups is 1. The zero-order chi connectivity index (χ0) is 13.8. The molecule has 0 saturated heterocycles. The molecule has 2 rings (SSSR count). The monoisotopic (exact) mass is 280 g/mol. The van der Waals surface area contributed by atoms with Gasteiger partial charge in [-0.05, 0) is 68.4 Å². The van der Waals surface area contributed by atoms with Gasteiger partial charge in [-0.3, -0.25) is 0 Å². The summed E-state index contributed by atoms with van der Waals surface area (Å²) in [5.41, 5.74) is 1.34. The molecule has 19 heavy (non-hydrogen) atoms. The second kappa shape index (κ2) is 6.33. The first kappa shape index (κ1) is 14.3.